The van der Waals surface area contributed by atoms with Gasteiger partial charge in [0.05, 0.1) is 10.9 Å². The fourth-order valence-corrected chi connectivity index (χ4v) is 1.79. The van der Waals surface area contributed by atoms with Gasteiger partial charge in [-0.2, -0.15) is 10.4 Å². The molecule has 0 atom stereocenters. The summed E-state index contributed by atoms with van der Waals surface area (Å²) >= 11 is 1.37. The molecule has 0 bridgehead atoms. The lowest BCUT2D eigenvalue weighted by molar-refractivity contribution is 0.103. The zero-order valence-corrected chi connectivity index (χ0v) is 9.07. The van der Waals surface area contributed by atoms with Crippen LogP contribution in [0.1, 0.15) is 9.67 Å². The number of hydrogen-bond donors (Lipinski definition) is 1. The second-order valence-corrected chi connectivity index (χ2v) is 3.94. The second-order valence-electron chi connectivity index (χ2n) is 2.99. The number of nitrogens with zero attached hydrogens (tertiary/aromatic N) is 3. The van der Waals surface area contributed by atoms with Crippen molar-refractivity contribution < 1.29 is 4.79 Å². The molecule has 0 aromatic carbocycles. The van der Waals surface area contributed by atoms with Crippen LogP contribution in [-0.4, -0.2) is 15.7 Å². The van der Waals surface area contributed by atoms with Crippen molar-refractivity contribution in [2.24, 2.45) is 0 Å². The highest BCUT2D eigenvalue weighted by atomic mass is 32.1. The van der Waals surface area contributed by atoms with Gasteiger partial charge in [-0.1, -0.05) is 6.07 Å². The molecule has 2 rings (SSSR count). The summed E-state index contributed by atoms with van der Waals surface area (Å²) in [7, 11) is 0. The van der Waals surface area contributed by atoms with E-state index in [0.29, 0.717) is 10.7 Å². The molecule has 5 nitrogen and oxygen atoms in total. The summed E-state index contributed by atoms with van der Waals surface area (Å²) < 4.78 is 1.46. The molecule has 1 N–H and O–H groups in total. The van der Waals surface area contributed by atoms with Crippen LogP contribution in [0.5, 0.6) is 0 Å². The molecule has 0 saturated carbocycles. The summed E-state index contributed by atoms with van der Waals surface area (Å²) in [5.41, 5.74) is 0. The summed E-state index contributed by atoms with van der Waals surface area (Å²) in [5, 5.41) is 17.0. The van der Waals surface area contributed by atoms with Gasteiger partial charge in [-0.15, -0.1) is 11.3 Å². The maximum atomic E-state index is 11.6. The van der Waals surface area contributed by atoms with Crippen molar-refractivity contribution in [3.05, 3.63) is 34.7 Å². The first-order chi connectivity index (χ1) is 7.79. The largest absolute Gasteiger partial charge is 0.304 e. The summed E-state index contributed by atoms with van der Waals surface area (Å²) in [5.74, 6) is 0.269. The maximum Gasteiger partial charge on any atom is 0.266 e. The Morgan fingerprint density at radius 2 is 2.50 bits per heavy atom. The Morgan fingerprint density at radius 1 is 1.62 bits per heavy atom. The molecule has 2 aromatic heterocycles. The van der Waals surface area contributed by atoms with E-state index in [0.717, 1.165) is 0 Å². The van der Waals surface area contributed by atoms with Crippen molar-refractivity contribution in [2.75, 3.05) is 5.32 Å². The van der Waals surface area contributed by atoms with Crippen LogP contribution in [0.25, 0.3) is 0 Å². The zero-order chi connectivity index (χ0) is 11.4. The minimum atomic E-state index is -0.183. The number of rotatable bonds is 3. The number of thiophene rings is 1. The molecule has 0 aliphatic heterocycles. The molecular formula is C10H8N4OS. The normalized spacial score (nSPS) is 9.69. The Hall–Kier alpha value is -2.13. The number of carbonyl (C=O) groups is 1. The number of anilines is 1. The van der Waals surface area contributed by atoms with Crippen molar-refractivity contribution in [1.29, 1.82) is 5.26 Å². The number of hydrogen-bond acceptors (Lipinski definition) is 4. The highest BCUT2D eigenvalue weighted by Crippen LogP contribution is 2.11. The molecule has 2 aromatic rings. The second kappa shape index (κ2) is 4.59. The number of nitriles is 1. The predicted molar refractivity (Wildman–Crippen MR) is 60.1 cm³/mol. The molecule has 0 aliphatic rings. The van der Waals surface area contributed by atoms with Gasteiger partial charge in [0.2, 0.25) is 0 Å². The molecule has 0 saturated heterocycles. The van der Waals surface area contributed by atoms with Crippen molar-refractivity contribution in [3.63, 3.8) is 0 Å². The average Bonchev–Trinajstić information content (AvgIpc) is 2.89. The van der Waals surface area contributed by atoms with Gasteiger partial charge < -0.3 is 5.32 Å². The first kappa shape index (κ1) is 10.4. The Labute approximate surface area is 95.9 Å². The molecule has 6 heteroatoms. The van der Waals surface area contributed by atoms with Gasteiger partial charge in [0, 0.05) is 12.3 Å². The summed E-state index contributed by atoms with van der Waals surface area (Å²) in [6.45, 7) is 0.175. The summed E-state index contributed by atoms with van der Waals surface area (Å²) in [4.78, 5) is 12.3. The minimum Gasteiger partial charge on any atom is -0.304 e. The van der Waals surface area contributed by atoms with Crippen LogP contribution in [0.3, 0.4) is 0 Å². The number of amides is 1. The maximum absolute atomic E-state index is 11.6. The van der Waals surface area contributed by atoms with E-state index in [1.54, 1.807) is 18.3 Å². The number of nitrogens with one attached hydrogen (secondary N) is 1. The van der Waals surface area contributed by atoms with E-state index >= 15 is 0 Å². The quantitative estimate of drug-likeness (QED) is 0.875. The molecule has 1 amide bonds. The Morgan fingerprint density at radius 3 is 3.19 bits per heavy atom. The first-order valence-corrected chi connectivity index (χ1v) is 5.43. The molecule has 16 heavy (non-hydrogen) atoms. The molecular weight excluding hydrogens is 224 g/mol. The van der Waals surface area contributed by atoms with E-state index in [1.807, 2.05) is 17.5 Å². The molecule has 0 radical (unpaired) electrons. The van der Waals surface area contributed by atoms with Crippen molar-refractivity contribution in [2.45, 2.75) is 6.54 Å². The molecule has 80 valence electrons. The fourth-order valence-electron chi connectivity index (χ4n) is 1.17. The molecule has 0 unspecified atom stereocenters. The summed E-state index contributed by atoms with van der Waals surface area (Å²) in [6.07, 6.45) is 1.65. The summed E-state index contributed by atoms with van der Waals surface area (Å²) in [6, 6.07) is 7.18. The molecule has 0 aliphatic carbocycles. The third kappa shape index (κ3) is 2.27. The van der Waals surface area contributed by atoms with Gasteiger partial charge in [0.15, 0.2) is 5.82 Å². The standard InChI is InChI=1S/C10H8N4OS/c11-4-6-14-5-3-9(13-14)12-10(15)8-2-1-7-16-8/h1-3,5,7H,6H2,(H,12,13,15). The predicted octanol–water partition coefficient (Wildman–Crippen LogP) is 1.72. The molecule has 0 fully saturated rings. The highest BCUT2D eigenvalue weighted by Gasteiger charge is 2.08. The SMILES string of the molecule is N#CCn1ccc(NC(=O)c2cccs2)n1. The van der Waals surface area contributed by atoms with E-state index < -0.39 is 0 Å². The van der Waals surface area contributed by atoms with Crippen LogP contribution in [0, 0.1) is 11.3 Å². The lowest BCUT2D eigenvalue weighted by Crippen LogP contribution is -2.11. The van der Waals surface area contributed by atoms with Crippen molar-refractivity contribution in [1.82, 2.24) is 9.78 Å². The smallest absolute Gasteiger partial charge is 0.266 e. The van der Waals surface area contributed by atoms with E-state index in [-0.39, 0.29) is 12.5 Å². The molecule has 0 spiro atoms. The lowest BCUT2D eigenvalue weighted by Gasteiger charge is -1.98. The van der Waals surface area contributed by atoms with Crippen LogP contribution in [0.15, 0.2) is 29.8 Å². The van der Waals surface area contributed by atoms with E-state index in [4.69, 9.17) is 5.26 Å². The Bertz CT molecular complexity index is 523. The average molecular weight is 232 g/mol. The van der Waals surface area contributed by atoms with Gasteiger partial charge in [-0.25, -0.2) is 0 Å². The van der Waals surface area contributed by atoms with Gasteiger partial charge in [-0.05, 0) is 11.4 Å². The first-order valence-electron chi connectivity index (χ1n) is 4.55. The van der Waals surface area contributed by atoms with Crippen molar-refractivity contribution >= 4 is 23.1 Å². The third-order valence-electron chi connectivity index (χ3n) is 1.86. The van der Waals surface area contributed by atoms with Crippen LogP contribution in [-0.2, 0) is 6.54 Å². The fraction of sp³-hybridized carbons (Fsp3) is 0.100. The number of carbonyl (C=O) groups excluding carboxylic acids is 1. The number of aromatic nitrogens is 2. The van der Waals surface area contributed by atoms with Crippen molar-refractivity contribution in [3.8, 4) is 6.07 Å². The van der Waals surface area contributed by atoms with Crippen LogP contribution in [0.4, 0.5) is 5.82 Å². The molecule has 2 heterocycles. The van der Waals surface area contributed by atoms with E-state index in [9.17, 15) is 4.79 Å². The van der Waals surface area contributed by atoms with Gasteiger partial charge in [0.1, 0.15) is 6.54 Å². The zero-order valence-electron chi connectivity index (χ0n) is 8.25. The van der Waals surface area contributed by atoms with Crippen LogP contribution >= 0.6 is 11.3 Å². The third-order valence-corrected chi connectivity index (χ3v) is 2.73. The monoisotopic (exact) mass is 232 g/mol. The van der Waals surface area contributed by atoms with E-state index in [2.05, 4.69) is 10.4 Å². The Balaban J connectivity index is 2.04. The van der Waals surface area contributed by atoms with Gasteiger partial charge in [-0.3, -0.25) is 9.48 Å². The van der Waals surface area contributed by atoms with E-state index in [1.165, 1.54) is 16.0 Å². The Kier molecular flexibility index (Phi) is 2.98. The highest BCUT2D eigenvalue weighted by molar-refractivity contribution is 7.12. The minimum absolute atomic E-state index is 0.175. The van der Waals surface area contributed by atoms with Crippen LogP contribution in [0.2, 0.25) is 0 Å². The van der Waals surface area contributed by atoms with Gasteiger partial charge >= 0.3 is 0 Å². The van der Waals surface area contributed by atoms with Gasteiger partial charge in [0.25, 0.3) is 5.91 Å². The van der Waals surface area contributed by atoms with Crippen LogP contribution < -0.4 is 5.32 Å². The lowest BCUT2D eigenvalue weighted by atomic mass is 10.4. The topological polar surface area (TPSA) is 70.7 Å².